The molecule has 168 valence electrons. The third kappa shape index (κ3) is 3.58. The van der Waals surface area contributed by atoms with Crippen molar-refractivity contribution >= 4 is 54.0 Å². The second-order valence-electron chi connectivity index (χ2n) is 8.34. The van der Waals surface area contributed by atoms with Crippen LogP contribution in [0, 0.1) is 10.1 Å². The largest absolute Gasteiger partial charge is 0.463 e. The lowest BCUT2D eigenvalue weighted by Crippen LogP contribution is -2.34. The van der Waals surface area contributed by atoms with E-state index in [1.54, 1.807) is 12.1 Å². The monoisotopic (exact) mass is 577 g/mol. The molecule has 0 saturated carbocycles. The Morgan fingerprint density at radius 2 is 1.79 bits per heavy atom. The van der Waals surface area contributed by atoms with Gasteiger partial charge in [-0.05, 0) is 50.5 Å². The van der Waals surface area contributed by atoms with E-state index in [-0.39, 0.29) is 11.7 Å². The van der Waals surface area contributed by atoms with Gasteiger partial charge in [0.2, 0.25) is 6.23 Å². The lowest BCUT2D eigenvalue weighted by Gasteiger charge is -2.38. The maximum absolute atomic E-state index is 11.4. The number of nitrogens with zero attached hydrogens (tertiary/aromatic N) is 3. The molecule has 8 heteroatoms. The quantitative estimate of drug-likeness (QED) is 0.186. The van der Waals surface area contributed by atoms with E-state index in [0.717, 1.165) is 36.9 Å². The molecule has 0 aromatic heterocycles. The summed E-state index contributed by atoms with van der Waals surface area (Å²) in [7, 11) is 0. The van der Waals surface area contributed by atoms with Gasteiger partial charge in [-0.3, -0.25) is 10.1 Å². The van der Waals surface area contributed by atoms with Crippen LogP contribution in [0.3, 0.4) is 0 Å². The van der Waals surface area contributed by atoms with E-state index in [9.17, 15) is 10.1 Å². The van der Waals surface area contributed by atoms with Crippen LogP contribution in [0.1, 0.15) is 35.4 Å². The molecule has 0 spiro atoms. The van der Waals surface area contributed by atoms with Crippen LogP contribution in [0.15, 0.2) is 92.9 Å². The summed E-state index contributed by atoms with van der Waals surface area (Å²) >= 11 is 7.23. The Bertz CT molecular complexity index is 1500. The van der Waals surface area contributed by atoms with Crippen molar-refractivity contribution < 1.29 is 9.66 Å². The molecule has 6 nitrogen and oxygen atoms in total. The first-order valence-corrected chi connectivity index (χ1v) is 12.3. The van der Waals surface area contributed by atoms with Crippen molar-refractivity contribution in [3.63, 3.8) is 0 Å². The summed E-state index contributed by atoms with van der Waals surface area (Å²) < 4.78 is 8.20. The molecule has 2 aliphatic heterocycles. The first-order valence-electron chi connectivity index (χ1n) is 10.7. The van der Waals surface area contributed by atoms with E-state index in [1.165, 1.54) is 11.5 Å². The molecule has 2 aliphatic rings. The Kier molecular flexibility index (Phi) is 5.15. The Labute approximate surface area is 212 Å². The summed E-state index contributed by atoms with van der Waals surface area (Å²) in [5, 5.41) is 20.7. The average molecular weight is 579 g/mol. The van der Waals surface area contributed by atoms with Crippen molar-refractivity contribution in [3.05, 3.63) is 115 Å². The molecule has 34 heavy (non-hydrogen) atoms. The smallest absolute Gasteiger partial charge is 0.269 e. The van der Waals surface area contributed by atoms with Crippen LogP contribution in [0.25, 0.3) is 10.8 Å². The first kappa shape index (κ1) is 21.3. The third-order valence-corrected chi connectivity index (χ3v) is 7.30. The summed E-state index contributed by atoms with van der Waals surface area (Å²) in [6, 6.07) is 25.1. The molecule has 0 N–H and O–H groups in total. The van der Waals surface area contributed by atoms with Gasteiger partial charge in [0, 0.05) is 34.2 Å². The van der Waals surface area contributed by atoms with Crippen molar-refractivity contribution in [2.45, 2.75) is 18.7 Å². The number of nitro benzene ring substituents is 1. The van der Waals surface area contributed by atoms with Gasteiger partial charge in [-0.1, -0.05) is 64.5 Å². The van der Waals surface area contributed by atoms with Gasteiger partial charge in [-0.15, -0.1) is 0 Å². The van der Waals surface area contributed by atoms with E-state index >= 15 is 0 Å². The fourth-order valence-electron chi connectivity index (χ4n) is 4.67. The molecule has 0 saturated heterocycles. The van der Waals surface area contributed by atoms with Crippen LogP contribution >= 0.6 is 31.9 Å². The Morgan fingerprint density at radius 1 is 0.971 bits per heavy atom. The molecule has 0 aliphatic carbocycles. The fourth-order valence-corrected chi connectivity index (χ4v) is 6.02. The molecule has 0 unspecified atom stereocenters. The number of non-ortho nitro benzene ring substituents is 1. The predicted molar refractivity (Wildman–Crippen MR) is 138 cm³/mol. The number of halogens is 2. The van der Waals surface area contributed by atoms with Gasteiger partial charge >= 0.3 is 0 Å². The predicted octanol–water partition coefficient (Wildman–Crippen LogP) is 7.52. The topological polar surface area (TPSA) is 68.0 Å². The van der Waals surface area contributed by atoms with Gasteiger partial charge in [0.25, 0.3) is 5.69 Å². The number of ether oxygens (including phenoxy) is 1. The zero-order chi connectivity index (χ0) is 23.4. The van der Waals surface area contributed by atoms with E-state index in [1.807, 2.05) is 29.3 Å². The minimum absolute atomic E-state index is 0.0243. The van der Waals surface area contributed by atoms with E-state index in [4.69, 9.17) is 9.84 Å². The summed E-state index contributed by atoms with van der Waals surface area (Å²) in [4.78, 5) is 11.0. The number of hydrogen-bond donors (Lipinski definition) is 0. The zero-order valence-corrected chi connectivity index (χ0v) is 20.9. The van der Waals surface area contributed by atoms with Gasteiger partial charge < -0.3 is 4.74 Å². The molecule has 4 aromatic rings. The summed E-state index contributed by atoms with van der Waals surface area (Å²) in [5.41, 5.74) is 3.74. The van der Waals surface area contributed by atoms with Gasteiger partial charge in [0.05, 0.1) is 21.1 Å². The van der Waals surface area contributed by atoms with Crippen LogP contribution in [0.5, 0.6) is 5.75 Å². The van der Waals surface area contributed by atoms with Crippen molar-refractivity contribution in [1.82, 2.24) is 5.01 Å². The number of fused-ring (bicyclic) bond motifs is 4. The van der Waals surface area contributed by atoms with Crippen LogP contribution in [0.4, 0.5) is 5.69 Å². The van der Waals surface area contributed by atoms with E-state index in [2.05, 4.69) is 68.3 Å². The molecule has 0 bridgehead atoms. The Morgan fingerprint density at radius 3 is 2.62 bits per heavy atom. The number of hydrazone groups is 1. The molecule has 0 amide bonds. The average Bonchev–Trinajstić information content (AvgIpc) is 3.29. The first-order chi connectivity index (χ1) is 16.5. The van der Waals surface area contributed by atoms with Crippen molar-refractivity contribution in [1.29, 1.82) is 0 Å². The molecule has 4 aromatic carbocycles. The van der Waals surface area contributed by atoms with Crippen molar-refractivity contribution in [2.75, 3.05) is 0 Å². The molecular weight excluding hydrogens is 562 g/mol. The van der Waals surface area contributed by atoms with E-state index in [0.29, 0.717) is 12.0 Å². The standard InChI is InChI=1S/C26H17Br2N3O3/c27-19-12-21-24-14-23(17-9-8-15-4-1-2-5-16(15)10-17)29-30(24)26(34-25(21)22(28)13-19)18-6-3-7-20(11-18)31(32)33/h1-13,24,26H,14H2/t24-,26+/m1/s1. The van der Waals surface area contributed by atoms with Crippen LogP contribution in [0.2, 0.25) is 0 Å². The molecule has 6 rings (SSSR count). The van der Waals surface area contributed by atoms with Crippen LogP contribution in [-0.4, -0.2) is 15.6 Å². The highest BCUT2D eigenvalue weighted by molar-refractivity contribution is 9.11. The highest BCUT2D eigenvalue weighted by Gasteiger charge is 2.42. The normalized spacial score (nSPS) is 18.8. The lowest BCUT2D eigenvalue weighted by atomic mass is 9.95. The van der Waals surface area contributed by atoms with Crippen LogP contribution < -0.4 is 4.74 Å². The van der Waals surface area contributed by atoms with Gasteiger partial charge in [0.1, 0.15) is 5.75 Å². The van der Waals surface area contributed by atoms with Crippen LogP contribution in [-0.2, 0) is 0 Å². The summed E-state index contributed by atoms with van der Waals surface area (Å²) in [6.07, 6.45) is 0.107. The minimum Gasteiger partial charge on any atom is -0.463 e. The Hall–Kier alpha value is -3.23. The molecule has 2 heterocycles. The number of rotatable bonds is 3. The van der Waals surface area contributed by atoms with Gasteiger partial charge in [-0.25, -0.2) is 5.01 Å². The lowest BCUT2D eigenvalue weighted by molar-refractivity contribution is -0.385. The van der Waals surface area contributed by atoms with E-state index < -0.39 is 11.2 Å². The minimum atomic E-state index is -0.590. The summed E-state index contributed by atoms with van der Waals surface area (Å²) in [6.45, 7) is 0. The number of nitro groups is 1. The molecule has 0 fully saturated rings. The fraction of sp³-hybridized carbons (Fsp3) is 0.115. The second-order valence-corrected chi connectivity index (χ2v) is 10.1. The van der Waals surface area contributed by atoms with Gasteiger partial charge in [-0.2, -0.15) is 5.10 Å². The maximum atomic E-state index is 11.4. The SMILES string of the molecule is O=[N+]([O-])c1cccc([C@@H]2Oc3c(Br)cc(Br)cc3[C@H]3CC(c4ccc5ccccc5c4)=NN32)c1. The summed E-state index contributed by atoms with van der Waals surface area (Å²) in [5.74, 6) is 0.732. The van der Waals surface area contributed by atoms with Crippen molar-refractivity contribution in [3.8, 4) is 5.75 Å². The molecular formula is C26H17Br2N3O3. The highest BCUT2D eigenvalue weighted by atomic mass is 79.9. The molecule has 2 atom stereocenters. The molecule has 0 radical (unpaired) electrons. The maximum Gasteiger partial charge on any atom is 0.269 e. The van der Waals surface area contributed by atoms with Crippen molar-refractivity contribution in [2.24, 2.45) is 5.10 Å². The van der Waals surface area contributed by atoms with Gasteiger partial charge in [0.15, 0.2) is 0 Å². The zero-order valence-electron chi connectivity index (χ0n) is 17.7. The number of hydrogen-bond acceptors (Lipinski definition) is 5. The Balaban J connectivity index is 1.48. The number of benzene rings is 4. The third-order valence-electron chi connectivity index (χ3n) is 6.26. The second kappa shape index (κ2) is 8.21. The highest BCUT2D eigenvalue weighted by Crippen LogP contribution is 2.51.